The topological polar surface area (TPSA) is 71.9 Å². The molecule has 0 N–H and O–H groups in total. The number of pyridine rings is 2. The maximum atomic E-state index is 10.1. The van der Waals surface area contributed by atoms with Crippen LogP contribution >= 0.6 is 0 Å². The molecule has 0 aliphatic heterocycles. The maximum Gasteiger partial charge on any atom is 3.00 e. The van der Waals surface area contributed by atoms with Crippen LogP contribution in [0.15, 0.2) is 48.8 Å². The molecule has 1 radical (unpaired) electrons. The summed E-state index contributed by atoms with van der Waals surface area (Å²) in [6, 6.07) is 10.6. The van der Waals surface area contributed by atoms with Gasteiger partial charge >= 0.3 is 26.2 Å². The van der Waals surface area contributed by atoms with Crippen molar-refractivity contribution in [3.63, 3.8) is 0 Å². The Morgan fingerprint density at radius 1 is 0.778 bits per heavy atom. The number of hydrogen-bond acceptors (Lipinski definition) is 4. The molecule has 93 valence electrons. The molecule has 0 saturated carbocycles. The third-order valence-electron chi connectivity index (χ3n) is 1.75. The second-order valence-corrected chi connectivity index (χ2v) is 2.93. The van der Waals surface area contributed by atoms with Crippen LogP contribution in [-0.2, 0) is 39.4 Å². The van der Waals surface area contributed by atoms with Gasteiger partial charge in [-0.1, -0.05) is 25.3 Å². The maximum absolute atomic E-state index is 10.1. The molecule has 2 aromatic heterocycles. The predicted molar refractivity (Wildman–Crippen MR) is 55.9 cm³/mol. The molecule has 0 fully saturated rings. The number of halogens is 1. The van der Waals surface area contributed by atoms with E-state index in [1.807, 2.05) is 0 Å². The standard InChI is InChI=1S/2C6H6NO.ClH.Zr/c2*8-5-6-3-1-2-4-7-6;;/h2*1-4H,5H2;1H;/q2*-1;;+3/p-1. The Balaban J connectivity index is 0. The van der Waals surface area contributed by atoms with Crippen molar-refractivity contribution >= 4 is 0 Å². The summed E-state index contributed by atoms with van der Waals surface area (Å²) in [5.74, 6) is 0. The van der Waals surface area contributed by atoms with E-state index in [0.717, 1.165) is 0 Å². The Morgan fingerprint density at radius 2 is 1.17 bits per heavy atom. The molecular weight excluding hydrogens is 331 g/mol. The van der Waals surface area contributed by atoms with Crippen molar-refractivity contribution in [1.82, 2.24) is 9.97 Å². The minimum Gasteiger partial charge on any atom is -1.00 e. The molecule has 0 atom stereocenters. The first-order chi connectivity index (χ1) is 7.86. The Labute approximate surface area is 132 Å². The zero-order valence-electron chi connectivity index (χ0n) is 9.62. The van der Waals surface area contributed by atoms with Crippen molar-refractivity contribution in [3.05, 3.63) is 60.2 Å². The summed E-state index contributed by atoms with van der Waals surface area (Å²) < 4.78 is 0. The van der Waals surface area contributed by atoms with E-state index in [1.54, 1.807) is 48.8 Å². The second-order valence-electron chi connectivity index (χ2n) is 2.93. The van der Waals surface area contributed by atoms with E-state index in [9.17, 15) is 10.2 Å². The molecule has 0 aliphatic carbocycles. The van der Waals surface area contributed by atoms with Gasteiger partial charge in [-0.2, -0.15) is 0 Å². The van der Waals surface area contributed by atoms with E-state index in [0.29, 0.717) is 11.4 Å². The minimum absolute atomic E-state index is 0. The average molecular weight is 343 g/mol. The molecule has 2 rings (SSSR count). The fourth-order valence-corrected chi connectivity index (χ4v) is 0.967. The van der Waals surface area contributed by atoms with Crippen molar-refractivity contribution < 1.29 is 48.8 Å². The molecule has 0 bridgehead atoms. The summed E-state index contributed by atoms with van der Waals surface area (Å²) in [6.07, 6.45) is 3.24. The van der Waals surface area contributed by atoms with Gasteiger partial charge in [-0.05, 0) is 24.3 Å². The second kappa shape index (κ2) is 12.8. The van der Waals surface area contributed by atoms with Gasteiger partial charge in [-0.3, -0.25) is 9.97 Å². The quantitative estimate of drug-likeness (QED) is 0.579. The number of nitrogens with zero attached hydrogens (tertiary/aromatic N) is 2. The number of hydrogen-bond donors (Lipinski definition) is 0. The Morgan fingerprint density at radius 3 is 1.33 bits per heavy atom. The van der Waals surface area contributed by atoms with E-state index in [-0.39, 0.29) is 51.8 Å². The zero-order valence-corrected chi connectivity index (χ0v) is 12.8. The van der Waals surface area contributed by atoms with Gasteiger partial charge in [0.15, 0.2) is 0 Å². The van der Waals surface area contributed by atoms with Crippen molar-refractivity contribution in [3.8, 4) is 0 Å². The fraction of sp³-hybridized carbons (Fsp3) is 0.167. The number of aromatic nitrogens is 2. The average Bonchev–Trinajstić information content (AvgIpc) is 2.41. The van der Waals surface area contributed by atoms with Crippen LogP contribution in [0.5, 0.6) is 0 Å². The van der Waals surface area contributed by atoms with Crippen LogP contribution in [0, 0.1) is 0 Å². The van der Waals surface area contributed by atoms with Crippen molar-refractivity contribution in [2.75, 3.05) is 0 Å². The van der Waals surface area contributed by atoms with Gasteiger partial charge < -0.3 is 22.6 Å². The molecule has 0 amide bonds. The minimum atomic E-state index is -0.221. The summed E-state index contributed by atoms with van der Waals surface area (Å²) in [6.45, 7) is -0.443. The van der Waals surface area contributed by atoms with Crippen LogP contribution in [0.25, 0.3) is 0 Å². The van der Waals surface area contributed by atoms with E-state index in [4.69, 9.17) is 0 Å². The summed E-state index contributed by atoms with van der Waals surface area (Å²) in [4.78, 5) is 7.57. The molecule has 6 heteroatoms. The summed E-state index contributed by atoms with van der Waals surface area (Å²) >= 11 is 0. The number of rotatable bonds is 2. The molecule has 4 nitrogen and oxygen atoms in total. The van der Waals surface area contributed by atoms with Crippen LogP contribution in [0.4, 0.5) is 0 Å². The van der Waals surface area contributed by atoms with Gasteiger partial charge in [0.05, 0.1) is 0 Å². The van der Waals surface area contributed by atoms with Crippen LogP contribution in [0.3, 0.4) is 0 Å². The smallest absolute Gasteiger partial charge is 1.00 e. The molecular formula is C12H12ClN2O2Zr. The Kier molecular flexibility index (Phi) is 14.1. The van der Waals surface area contributed by atoms with Gasteiger partial charge in [0.25, 0.3) is 0 Å². The van der Waals surface area contributed by atoms with Gasteiger partial charge in [0, 0.05) is 23.8 Å². The van der Waals surface area contributed by atoms with Crippen LogP contribution < -0.4 is 22.6 Å². The summed E-state index contributed by atoms with van der Waals surface area (Å²) in [5.41, 5.74) is 1.21. The van der Waals surface area contributed by atoms with Crippen LogP contribution in [0.2, 0.25) is 0 Å². The van der Waals surface area contributed by atoms with E-state index in [2.05, 4.69) is 9.97 Å². The van der Waals surface area contributed by atoms with E-state index in [1.165, 1.54) is 0 Å². The molecule has 0 aliphatic rings. The van der Waals surface area contributed by atoms with Gasteiger partial charge in [-0.15, -0.1) is 0 Å². The zero-order chi connectivity index (χ0) is 11.6. The van der Waals surface area contributed by atoms with Crippen LogP contribution in [0.1, 0.15) is 11.4 Å². The van der Waals surface area contributed by atoms with E-state index < -0.39 is 0 Å². The van der Waals surface area contributed by atoms with Gasteiger partial charge in [-0.25, -0.2) is 0 Å². The molecule has 2 heterocycles. The first-order valence-corrected chi connectivity index (χ1v) is 4.83. The summed E-state index contributed by atoms with van der Waals surface area (Å²) in [7, 11) is 0. The van der Waals surface area contributed by atoms with Crippen molar-refractivity contribution in [2.24, 2.45) is 0 Å². The molecule has 0 saturated heterocycles. The summed E-state index contributed by atoms with van der Waals surface area (Å²) in [5, 5.41) is 20.1. The largest absolute Gasteiger partial charge is 3.00 e. The molecule has 0 unspecified atom stereocenters. The molecule has 18 heavy (non-hydrogen) atoms. The Hall–Kier alpha value is -0.607. The molecule has 0 spiro atoms. The van der Waals surface area contributed by atoms with Crippen molar-refractivity contribution in [2.45, 2.75) is 13.2 Å². The molecule has 0 aromatic carbocycles. The third-order valence-corrected chi connectivity index (χ3v) is 1.75. The fourth-order valence-electron chi connectivity index (χ4n) is 0.967. The van der Waals surface area contributed by atoms with Crippen molar-refractivity contribution in [1.29, 1.82) is 0 Å². The van der Waals surface area contributed by atoms with Gasteiger partial charge in [0.2, 0.25) is 0 Å². The predicted octanol–water partition coefficient (Wildman–Crippen LogP) is -3.11. The van der Waals surface area contributed by atoms with E-state index >= 15 is 0 Å². The SMILES string of the molecule is [Cl-].[O-]Cc1ccccn1.[O-]Cc1ccccn1.[Zr+3]. The monoisotopic (exact) mass is 341 g/mol. The third kappa shape index (κ3) is 8.48. The first kappa shape index (κ1) is 19.7. The normalized spacial score (nSPS) is 8.11. The first-order valence-electron chi connectivity index (χ1n) is 4.83. The molecule has 2 aromatic rings. The van der Waals surface area contributed by atoms with Gasteiger partial charge in [0.1, 0.15) is 0 Å². The van der Waals surface area contributed by atoms with Crippen LogP contribution in [-0.4, -0.2) is 9.97 Å². The Bertz CT molecular complexity index is 350.